The van der Waals surface area contributed by atoms with Gasteiger partial charge in [-0.25, -0.2) is 12.8 Å². The standard InChI is InChI=1S/C14H13ClFN3O5S/c15-11-8-10(2-3-12(11)16)25(23,24)18-14-7-9(19(21)22)1-4-13(14)17-5-6-20/h1-4,7-8,17-18,20H,5-6H2. The van der Waals surface area contributed by atoms with E-state index >= 15 is 0 Å². The highest BCUT2D eigenvalue weighted by Crippen LogP contribution is 2.30. The lowest BCUT2D eigenvalue weighted by Gasteiger charge is -2.14. The third kappa shape index (κ3) is 4.56. The molecule has 0 amide bonds. The summed E-state index contributed by atoms with van der Waals surface area (Å²) < 4.78 is 40.3. The van der Waals surface area contributed by atoms with Crippen LogP contribution < -0.4 is 10.0 Å². The minimum atomic E-state index is -4.17. The summed E-state index contributed by atoms with van der Waals surface area (Å²) in [4.78, 5) is 9.92. The van der Waals surface area contributed by atoms with Crippen molar-refractivity contribution in [1.82, 2.24) is 0 Å². The molecule has 0 fully saturated rings. The summed E-state index contributed by atoms with van der Waals surface area (Å²) in [6.07, 6.45) is 0. The van der Waals surface area contributed by atoms with Crippen LogP contribution in [0.1, 0.15) is 0 Å². The van der Waals surface area contributed by atoms with E-state index in [1.807, 2.05) is 0 Å². The Hall–Kier alpha value is -2.43. The maximum absolute atomic E-state index is 13.2. The first kappa shape index (κ1) is 18.9. The first-order chi connectivity index (χ1) is 11.7. The molecule has 0 aliphatic carbocycles. The molecular formula is C14H13ClFN3O5S. The van der Waals surface area contributed by atoms with Crippen molar-refractivity contribution in [2.24, 2.45) is 0 Å². The third-order valence-electron chi connectivity index (χ3n) is 3.09. The number of nitrogens with zero attached hydrogens (tertiary/aromatic N) is 1. The van der Waals surface area contributed by atoms with Crippen LogP contribution >= 0.6 is 11.6 Å². The second kappa shape index (κ2) is 7.64. The van der Waals surface area contributed by atoms with Crippen LogP contribution in [0.25, 0.3) is 0 Å². The number of hydrogen-bond acceptors (Lipinski definition) is 6. The summed E-state index contributed by atoms with van der Waals surface area (Å²) in [6, 6.07) is 6.37. The summed E-state index contributed by atoms with van der Waals surface area (Å²) in [5.41, 5.74) is -0.191. The molecular weight excluding hydrogens is 377 g/mol. The fourth-order valence-corrected chi connectivity index (χ4v) is 3.26. The number of nitrogens with one attached hydrogen (secondary N) is 2. The van der Waals surface area contributed by atoms with Crippen molar-refractivity contribution in [3.8, 4) is 0 Å². The zero-order valence-corrected chi connectivity index (χ0v) is 14.1. The van der Waals surface area contributed by atoms with E-state index in [1.165, 1.54) is 12.1 Å². The van der Waals surface area contributed by atoms with Gasteiger partial charge in [-0.2, -0.15) is 0 Å². The van der Waals surface area contributed by atoms with Gasteiger partial charge in [0.15, 0.2) is 0 Å². The Kier molecular flexibility index (Phi) is 5.77. The SMILES string of the molecule is O=[N+]([O-])c1ccc(NCCO)c(NS(=O)(=O)c2ccc(F)c(Cl)c2)c1. The number of halogens is 2. The predicted molar refractivity (Wildman–Crippen MR) is 90.9 cm³/mol. The molecule has 11 heteroatoms. The smallest absolute Gasteiger partial charge is 0.271 e. The molecule has 3 N–H and O–H groups in total. The van der Waals surface area contributed by atoms with Crippen molar-refractivity contribution < 1.29 is 22.8 Å². The molecule has 0 aliphatic heterocycles. The molecule has 0 atom stereocenters. The molecule has 0 aromatic heterocycles. The van der Waals surface area contributed by atoms with Crippen molar-refractivity contribution in [1.29, 1.82) is 0 Å². The largest absolute Gasteiger partial charge is 0.395 e. The highest BCUT2D eigenvalue weighted by molar-refractivity contribution is 7.92. The average molecular weight is 390 g/mol. The van der Waals surface area contributed by atoms with Gasteiger partial charge in [-0.05, 0) is 24.3 Å². The lowest BCUT2D eigenvalue weighted by Crippen LogP contribution is -2.16. The Labute approximate surface area is 147 Å². The summed E-state index contributed by atoms with van der Waals surface area (Å²) in [5.74, 6) is -0.777. The maximum Gasteiger partial charge on any atom is 0.271 e. The van der Waals surface area contributed by atoms with Gasteiger partial charge in [0.05, 0.1) is 32.8 Å². The van der Waals surface area contributed by atoms with E-state index in [9.17, 15) is 22.9 Å². The van der Waals surface area contributed by atoms with Gasteiger partial charge in [-0.15, -0.1) is 0 Å². The highest BCUT2D eigenvalue weighted by atomic mass is 35.5. The predicted octanol–water partition coefficient (Wildman–Crippen LogP) is 2.59. The lowest BCUT2D eigenvalue weighted by molar-refractivity contribution is -0.384. The fourth-order valence-electron chi connectivity index (χ4n) is 1.92. The van der Waals surface area contributed by atoms with E-state index in [1.54, 1.807) is 0 Å². The van der Waals surface area contributed by atoms with Crippen LogP contribution in [-0.2, 0) is 10.0 Å². The van der Waals surface area contributed by atoms with Crippen LogP contribution in [0.3, 0.4) is 0 Å². The Bertz CT molecular complexity index is 907. The van der Waals surface area contributed by atoms with Gasteiger partial charge in [0.1, 0.15) is 5.82 Å². The minimum absolute atomic E-state index is 0.0944. The van der Waals surface area contributed by atoms with Crippen LogP contribution in [-0.4, -0.2) is 31.6 Å². The second-order valence-electron chi connectivity index (χ2n) is 4.82. The van der Waals surface area contributed by atoms with Gasteiger partial charge in [0, 0.05) is 18.7 Å². The zero-order chi connectivity index (χ0) is 18.6. The molecule has 0 spiro atoms. The lowest BCUT2D eigenvalue weighted by atomic mass is 10.2. The molecule has 0 saturated heterocycles. The molecule has 0 heterocycles. The van der Waals surface area contributed by atoms with Gasteiger partial charge in [0.2, 0.25) is 0 Å². The van der Waals surface area contributed by atoms with Crippen LogP contribution in [0.15, 0.2) is 41.3 Å². The number of hydrogen-bond donors (Lipinski definition) is 3. The van der Waals surface area contributed by atoms with E-state index in [2.05, 4.69) is 10.0 Å². The molecule has 2 aromatic carbocycles. The number of sulfonamides is 1. The van der Waals surface area contributed by atoms with Crippen LogP contribution in [0.4, 0.5) is 21.5 Å². The molecule has 8 nitrogen and oxygen atoms in total. The second-order valence-corrected chi connectivity index (χ2v) is 6.91. The van der Waals surface area contributed by atoms with Gasteiger partial charge >= 0.3 is 0 Å². The molecule has 2 rings (SSSR count). The number of nitro benzene ring substituents is 1. The molecule has 0 unspecified atom stereocenters. The number of anilines is 2. The Balaban J connectivity index is 2.43. The quantitative estimate of drug-likeness (QED) is 0.494. The summed E-state index contributed by atoms with van der Waals surface area (Å²) in [5, 5.41) is 22.1. The van der Waals surface area contributed by atoms with E-state index in [4.69, 9.17) is 16.7 Å². The number of aliphatic hydroxyl groups is 1. The first-order valence-electron chi connectivity index (χ1n) is 6.85. The topological polar surface area (TPSA) is 122 Å². The molecule has 0 radical (unpaired) electrons. The first-order valence-corrected chi connectivity index (χ1v) is 8.72. The van der Waals surface area contributed by atoms with Crippen LogP contribution in [0.5, 0.6) is 0 Å². The van der Waals surface area contributed by atoms with Crippen LogP contribution in [0, 0.1) is 15.9 Å². The fraction of sp³-hybridized carbons (Fsp3) is 0.143. The highest BCUT2D eigenvalue weighted by Gasteiger charge is 2.20. The summed E-state index contributed by atoms with van der Waals surface area (Å²) in [7, 11) is -4.17. The average Bonchev–Trinajstić information content (AvgIpc) is 2.55. The van der Waals surface area contributed by atoms with Gasteiger partial charge in [-0.1, -0.05) is 11.6 Å². The molecule has 2 aromatic rings. The van der Waals surface area contributed by atoms with E-state index in [0.717, 1.165) is 24.3 Å². The summed E-state index contributed by atoms with van der Waals surface area (Å²) in [6.45, 7) is -0.119. The number of rotatable bonds is 7. The molecule has 134 valence electrons. The van der Waals surface area contributed by atoms with E-state index in [0.29, 0.717) is 0 Å². The van der Waals surface area contributed by atoms with Gasteiger partial charge in [0.25, 0.3) is 15.7 Å². The van der Waals surface area contributed by atoms with Crippen molar-refractivity contribution in [2.75, 3.05) is 23.2 Å². The molecule has 0 aliphatic rings. The van der Waals surface area contributed by atoms with E-state index in [-0.39, 0.29) is 40.1 Å². The minimum Gasteiger partial charge on any atom is -0.395 e. The maximum atomic E-state index is 13.2. The molecule has 25 heavy (non-hydrogen) atoms. The number of benzene rings is 2. The van der Waals surface area contributed by atoms with Gasteiger partial charge in [-0.3, -0.25) is 14.8 Å². The third-order valence-corrected chi connectivity index (χ3v) is 4.74. The Morgan fingerprint density at radius 3 is 2.52 bits per heavy atom. The van der Waals surface area contributed by atoms with E-state index < -0.39 is 20.8 Å². The van der Waals surface area contributed by atoms with Gasteiger partial charge < -0.3 is 10.4 Å². The Morgan fingerprint density at radius 1 is 1.20 bits per heavy atom. The zero-order valence-electron chi connectivity index (χ0n) is 12.6. The normalized spacial score (nSPS) is 11.2. The van der Waals surface area contributed by atoms with Crippen LogP contribution in [0.2, 0.25) is 5.02 Å². The number of non-ortho nitro benzene ring substituents is 1. The number of aliphatic hydroxyl groups excluding tert-OH is 1. The van der Waals surface area contributed by atoms with Crippen molar-refractivity contribution in [3.05, 3.63) is 57.4 Å². The number of nitro groups is 1. The van der Waals surface area contributed by atoms with Crippen molar-refractivity contribution in [2.45, 2.75) is 4.90 Å². The monoisotopic (exact) mass is 389 g/mol. The van der Waals surface area contributed by atoms with Crippen molar-refractivity contribution >= 4 is 38.7 Å². The Morgan fingerprint density at radius 2 is 1.92 bits per heavy atom. The van der Waals surface area contributed by atoms with Crippen molar-refractivity contribution in [3.63, 3.8) is 0 Å². The molecule has 0 saturated carbocycles. The summed E-state index contributed by atoms with van der Waals surface area (Å²) >= 11 is 5.59. The molecule has 0 bridgehead atoms.